The van der Waals surface area contributed by atoms with Gasteiger partial charge in [0.15, 0.2) is 23.9 Å². The van der Waals surface area contributed by atoms with Crippen LogP contribution in [-0.2, 0) is 16.1 Å². The Kier molecular flexibility index (Phi) is 11.1. The van der Waals surface area contributed by atoms with Gasteiger partial charge in [-0.1, -0.05) is 0 Å². The zero-order chi connectivity index (χ0) is 30.9. The number of benzene rings is 2. The van der Waals surface area contributed by atoms with Crippen molar-refractivity contribution >= 4 is 50.0 Å². The lowest BCUT2D eigenvalue weighted by molar-refractivity contribution is -0.145. The SMILES string of the molecule is CCOC(=O)COc1c(OCC)cc(/C=N/NC(=O)c2ccc(COc3ccc(-n4c(C)ccc4C)cc3)o2)c(Br)c1Br. The van der Waals surface area contributed by atoms with Crippen molar-refractivity contribution < 1.29 is 33.0 Å². The third-order valence-electron chi connectivity index (χ3n) is 6.10. The summed E-state index contributed by atoms with van der Waals surface area (Å²) in [5.41, 5.74) is 6.40. The second kappa shape index (κ2) is 14.9. The van der Waals surface area contributed by atoms with Gasteiger partial charge in [0.05, 0.1) is 23.9 Å². The van der Waals surface area contributed by atoms with E-state index in [2.05, 4.69) is 72.9 Å². The lowest BCUT2D eigenvalue weighted by Gasteiger charge is -2.15. The van der Waals surface area contributed by atoms with E-state index in [0.717, 1.165) is 17.1 Å². The largest absolute Gasteiger partial charge is 0.490 e. The smallest absolute Gasteiger partial charge is 0.344 e. The average Bonchev–Trinajstić information content (AvgIpc) is 3.60. The molecule has 226 valence electrons. The predicted octanol–water partition coefficient (Wildman–Crippen LogP) is 6.90. The number of aryl methyl sites for hydroxylation is 2. The maximum atomic E-state index is 12.6. The molecule has 12 heteroatoms. The number of furan rings is 1. The van der Waals surface area contributed by atoms with Crippen molar-refractivity contribution in [3.8, 4) is 22.9 Å². The molecule has 0 radical (unpaired) electrons. The number of carbonyl (C=O) groups excluding carboxylic acids is 2. The van der Waals surface area contributed by atoms with Crippen molar-refractivity contribution in [1.82, 2.24) is 9.99 Å². The second-order valence-corrected chi connectivity index (χ2v) is 10.7. The van der Waals surface area contributed by atoms with Crippen LogP contribution in [-0.4, -0.2) is 42.5 Å². The molecule has 4 rings (SSSR count). The molecule has 0 fully saturated rings. The van der Waals surface area contributed by atoms with Crippen LogP contribution in [0.25, 0.3) is 5.69 Å². The molecule has 0 saturated carbocycles. The Balaban J connectivity index is 1.35. The number of esters is 1. The first-order valence-electron chi connectivity index (χ1n) is 13.4. The van der Waals surface area contributed by atoms with Gasteiger partial charge in [-0.2, -0.15) is 5.10 Å². The molecule has 10 nitrogen and oxygen atoms in total. The van der Waals surface area contributed by atoms with Crippen molar-refractivity contribution in [1.29, 1.82) is 0 Å². The Bertz CT molecular complexity index is 1590. The number of rotatable bonds is 13. The van der Waals surface area contributed by atoms with Gasteiger partial charge in [0.2, 0.25) is 0 Å². The zero-order valence-corrected chi connectivity index (χ0v) is 27.3. The highest BCUT2D eigenvalue weighted by molar-refractivity contribution is 9.13. The molecule has 2 heterocycles. The van der Waals surface area contributed by atoms with E-state index in [1.165, 1.54) is 6.21 Å². The van der Waals surface area contributed by atoms with Crippen LogP contribution in [0.2, 0.25) is 0 Å². The Hall–Kier alpha value is -4.03. The van der Waals surface area contributed by atoms with E-state index in [1.807, 2.05) is 31.2 Å². The summed E-state index contributed by atoms with van der Waals surface area (Å²) in [6.45, 7) is 8.16. The molecule has 0 bridgehead atoms. The fourth-order valence-electron chi connectivity index (χ4n) is 4.14. The van der Waals surface area contributed by atoms with Crippen molar-refractivity contribution in [2.24, 2.45) is 5.10 Å². The number of halogens is 2. The molecule has 2 aromatic carbocycles. The maximum Gasteiger partial charge on any atom is 0.344 e. The quantitative estimate of drug-likeness (QED) is 0.0911. The monoisotopic (exact) mass is 715 g/mol. The lowest BCUT2D eigenvalue weighted by atomic mass is 10.2. The number of hydrogen-bond donors (Lipinski definition) is 1. The molecule has 0 saturated heterocycles. The highest BCUT2D eigenvalue weighted by Gasteiger charge is 2.19. The van der Waals surface area contributed by atoms with Crippen LogP contribution in [0.3, 0.4) is 0 Å². The van der Waals surface area contributed by atoms with Gasteiger partial charge in [-0.3, -0.25) is 4.79 Å². The van der Waals surface area contributed by atoms with Gasteiger partial charge in [0.1, 0.15) is 18.1 Å². The molecule has 0 atom stereocenters. The van der Waals surface area contributed by atoms with Gasteiger partial charge < -0.3 is 27.9 Å². The number of hydrogen-bond acceptors (Lipinski definition) is 8. The van der Waals surface area contributed by atoms with E-state index in [1.54, 1.807) is 25.1 Å². The predicted molar refractivity (Wildman–Crippen MR) is 168 cm³/mol. The average molecular weight is 717 g/mol. The summed E-state index contributed by atoms with van der Waals surface area (Å²) in [7, 11) is 0. The summed E-state index contributed by atoms with van der Waals surface area (Å²) >= 11 is 6.96. The standard InChI is InChI=1S/C31H31Br2N3O7/c1-5-39-26-15-21(28(32)29(33)30(26)42-18-27(37)40-6-2)16-34-35-31(38)25-14-13-24(43-25)17-41-23-11-9-22(10-12-23)36-19(3)7-8-20(36)4/h7-16H,5-6,17-18H2,1-4H3,(H,35,38)/b34-16+. The van der Waals surface area contributed by atoms with Gasteiger partial charge in [-0.25, -0.2) is 10.2 Å². The van der Waals surface area contributed by atoms with Crippen LogP contribution < -0.4 is 19.6 Å². The van der Waals surface area contributed by atoms with E-state index in [-0.39, 0.29) is 25.6 Å². The molecule has 1 amide bonds. The van der Waals surface area contributed by atoms with Crippen molar-refractivity contribution in [2.45, 2.75) is 34.3 Å². The molecular weight excluding hydrogens is 686 g/mol. The lowest BCUT2D eigenvalue weighted by Crippen LogP contribution is -2.17. The van der Waals surface area contributed by atoms with E-state index < -0.39 is 11.9 Å². The van der Waals surface area contributed by atoms with Gasteiger partial charge >= 0.3 is 11.9 Å². The van der Waals surface area contributed by atoms with Gasteiger partial charge in [-0.15, -0.1) is 0 Å². The Labute approximate surface area is 266 Å². The zero-order valence-electron chi connectivity index (χ0n) is 24.1. The molecule has 0 unspecified atom stereocenters. The Morgan fingerprint density at radius 2 is 1.65 bits per heavy atom. The summed E-state index contributed by atoms with van der Waals surface area (Å²) < 4.78 is 31.0. The first kappa shape index (κ1) is 31.9. The third kappa shape index (κ3) is 8.08. The molecular formula is C31H31Br2N3O7. The van der Waals surface area contributed by atoms with E-state index in [4.69, 9.17) is 23.4 Å². The summed E-state index contributed by atoms with van der Waals surface area (Å²) in [6, 6.07) is 16.8. The van der Waals surface area contributed by atoms with Crippen LogP contribution >= 0.6 is 31.9 Å². The van der Waals surface area contributed by atoms with Crippen LogP contribution in [0.5, 0.6) is 17.2 Å². The highest BCUT2D eigenvalue weighted by atomic mass is 79.9. The number of ether oxygens (including phenoxy) is 4. The van der Waals surface area contributed by atoms with Crippen molar-refractivity contribution in [2.75, 3.05) is 19.8 Å². The number of nitrogens with zero attached hydrogens (tertiary/aromatic N) is 2. The van der Waals surface area contributed by atoms with Crippen LogP contribution in [0.15, 0.2) is 73.1 Å². The minimum atomic E-state index is -0.529. The van der Waals surface area contributed by atoms with Gasteiger partial charge in [0, 0.05) is 27.1 Å². The molecule has 0 aliphatic rings. The van der Waals surface area contributed by atoms with Gasteiger partial charge in [0.25, 0.3) is 0 Å². The van der Waals surface area contributed by atoms with E-state index >= 15 is 0 Å². The van der Waals surface area contributed by atoms with Crippen LogP contribution in [0.1, 0.15) is 47.1 Å². The normalized spacial score (nSPS) is 11.0. The Morgan fingerprint density at radius 3 is 2.33 bits per heavy atom. The number of aromatic nitrogens is 1. The molecule has 43 heavy (non-hydrogen) atoms. The topological polar surface area (TPSA) is 114 Å². The molecule has 0 aliphatic carbocycles. The molecule has 4 aromatic rings. The first-order chi connectivity index (χ1) is 20.7. The summed E-state index contributed by atoms with van der Waals surface area (Å²) in [5.74, 6) is 0.939. The van der Waals surface area contributed by atoms with Gasteiger partial charge in [-0.05, 0) is 114 Å². The summed E-state index contributed by atoms with van der Waals surface area (Å²) in [6.07, 6.45) is 1.44. The van der Waals surface area contributed by atoms with E-state index in [9.17, 15) is 9.59 Å². The minimum Gasteiger partial charge on any atom is -0.490 e. The Morgan fingerprint density at radius 1 is 0.930 bits per heavy atom. The minimum absolute atomic E-state index is 0.0858. The third-order valence-corrected chi connectivity index (χ3v) is 8.24. The number of amides is 1. The number of hydrazone groups is 1. The highest BCUT2D eigenvalue weighted by Crippen LogP contribution is 2.42. The maximum absolute atomic E-state index is 12.6. The fraction of sp³-hybridized carbons (Fsp3) is 0.258. The molecule has 2 aromatic heterocycles. The van der Waals surface area contributed by atoms with Crippen LogP contribution in [0, 0.1) is 13.8 Å². The number of carbonyl (C=O) groups is 2. The molecule has 1 N–H and O–H groups in total. The number of nitrogens with one attached hydrogen (secondary N) is 1. The molecule has 0 spiro atoms. The summed E-state index contributed by atoms with van der Waals surface area (Å²) in [5, 5.41) is 4.05. The van der Waals surface area contributed by atoms with Crippen molar-refractivity contribution in [3.63, 3.8) is 0 Å². The van der Waals surface area contributed by atoms with E-state index in [0.29, 0.717) is 44.1 Å². The fourth-order valence-corrected chi connectivity index (χ4v) is 5.08. The second-order valence-electron chi connectivity index (χ2n) is 9.15. The summed E-state index contributed by atoms with van der Waals surface area (Å²) in [4.78, 5) is 24.4. The first-order valence-corrected chi connectivity index (χ1v) is 15.0. The molecule has 0 aliphatic heterocycles. The van der Waals surface area contributed by atoms with Crippen molar-refractivity contribution in [3.05, 3.63) is 92.0 Å². The van der Waals surface area contributed by atoms with Crippen LogP contribution in [0.4, 0.5) is 0 Å².